The van der Waals surface area contributed by atoms with Crippen LogP contribution in [0.3, 0.4) is 0 Å². The number of nitrogens with zero attached hydrogens (tertiary/aromatic N) is 1. The van der Waals surface area contributed by atoms with Gasteiger partial charge in [-0.2, -0.15) is 17.0 Å². The average molecular weight is 239 g/mol. The number of ether oxygens (including phenoxy) is 1. The van der Waals surface area contributed by atoms with Crippen molar-refractivity contribution >= 4 is 11.8 Å². The molecule has 2 nitrogen and oxygen atoms in total. The van der Waals surface area contributed by atoms with E-state index >= 15 is 0 Å². The molecule has 86 valence electrons. The van der Waals surface area contributed by atoms with E-state index in [9.17, 15) is 4.39 Å². The predicted molar refractivity (Wildman–Crippen MR) is 63.8 cm³/mol. The first-order valence-electron chi connectivity index (χ1n) is 5.03. The Kier molecular flexibility index (Phi) is 5.91. The van der Waals surface area contributed by atoms with Crippen LogP contribution in [0.25, 0.3) is 0 Å². The van der Waals surface area contributed by atoms with Crippen molar-refractivity contribution in [2.45, 2.75) is 12.2 Å². The van der Waals surface area contributed by atoms with E-state index in [2.05, 4.69) is 6.07 Å². The number of methoxy groups -OCH3 is 1. The van der Waals surface area contributed by atoms with Crippen LogP contribution in [0.4, 0.5) is 4.39 Å². The minimum atomic E-state index is -0.286. The number of halogens is 1. The summed E-state index contributed by atoms with van der Waals surface area (Å²) in [6, 6.07) is 6.35. The van der Waals surface area contributed by atoms with E-state index in [1.807, 2.05) is 0 Å². The van der Waals surface area contributed by atoms with Gasteiger partial charge in [-0.15, -0.1) is 0 Å². The van der Waals surface area contributed by atoms with Crippen LogP contribution in [0.1, 0.15) is 17.5 Å². The molecule has 1 aromatic rings. The summed E-state index contributed by atoms with van der Waals surface area (Å²) < 4.78 is 17.9. The lowest BCUT2D eigenvalue weighted by Crippen LogP contribution is -1.93. The molecule has 16 heavy (non-hydrogen) atoms. The predicted octanol–water partition coefficient (Wildman–Crippen LogP) is 2.97. The number of hydrogen-bond donors (Lipinski definition) is 0. The van der Waals surface area contributed by atoms with Crippen molar-refractivity contribution in [1.29, 1.82) is 5.26 Å². The number of nitriles is 1. The first-order chi connectivity index (χ1) is 7.77. The van der Waals surface area contributed by atoms with Crippen molar-refractivity contribution < 1.29 is 9.13 Å². The topological polar surface area (TPSA) is 33.0 Å². The highest BCUT2D eigenvalue weighted by Crippen LogP contribution is 2.18. The highest BCUT2D eigenvalue weighted by Gasteiger charge is 2.03. The van der Waals surface area contributed by atoms with Crippen LogP contribution in [0.15, 0.2) is 18.2 Å². The van der Waals surface area contributed by atoms with Gasteiger partial charge in [-0.1, -0.05) is 0 Å². The number of rotatable bonds is 6. The van der Waals surface area contributed by atoms with Crippen molar-refractivity contribution in [3.05, 3.63) is 35.1 Å². The Balaban J connectivity index is 2.46. The van der Waals surface area contributed by atoms with E-state index in [0.29, 0.717) is 11.3 Å². The maximum atomic E-state index is 13.0. The fourth-order valence-electron chi connectivity index (χ4n) is 1.28. The molecule has 0 spiro atoms. The van der Waals surface area contributed by atoms with Gasteiger partial charge < -0.3 is 4.74 Å². The fourth-order valence-corrected chi connectivity index (χ4v) is 2.20. The Labute approximate surface area is 99.4 Å². The summed E-state index contributed by atoms with van der Waals surface area (Å²) in [6.07, 6.45) is 0.971. The van der Waals surface area contributed by atoms with E-state index in [1.54, 1.807) is 18.9 Å². The molecule has 0 radical (unpaired) electrons. The van der Waals surface area contributed by atoms with Gasteiger partial charge in [0.05, 0.1) is 11.6 Å². The van der Waals surface area contributed by atoms with Crippen LogP contribution >= 0.6 is 11.8 Å². The zero-order valence-electron chi connectivity index (χ0n) is 9.20. The summed E-state index contributed by atoms with van der Waals surface area (Å²) in [6.45, 7) is 0.737. The molecular weight excluding hydrogens is 225 g/mol. The SMILES string of the molecule is COCCCSCc1cc(F)ccc1C#N. The third kappa shape index (κ3) is 4.21. The minimum absolute atomic E-state index is 0.286. The highest BCUT2D eigenvalue weighted by atomic mass is 32.2. The second-order valence-corrected chi connectivity index (χ2v) is 4.42. The lowest BCUT2D eigenvalue weighted by atomic mass is 10.1. The van der Waals surface area contributed by atoms with E-state index in [4.69, 9.17) is 10.00 Å². The summed E-state index contributed by atoms with van der Waals surface area (Å²) >= 11 is 1.69. The summed E-state index contributed by atoms with van der Waals surface area (Å²) in [5.74, 6) is 1.34. The number of benzene rings is 1. The van der Waals surface area contributed by atoms with Crippen molar-refractivity contribution in [1.82, 2.24) is 0 Å². The summed E-state index contributed by atoms with van der Waals surface area (Å²) in [5, 5.41) is 8.85. The van der Waals surface area contributed by atoms with E-state index in [-0.39, 0.29) is 5.82 Å². The van der Waals surface area contributed by atoms with Crippen LogP contribution in [-0.4, -0.2) is 19.5 Å². The van der Waals surface area contributed by atoms with E-state index < -0.39 is 0 Å². The number of hydrogen-bond acceptors (Lipinski definition) is 3. The monoisotopic (exact) mass is 239 g/mol. The largest absolute Gasteiger partial charge is 0.385 e. The van der Waals surface area contributed by atoms with Gasteiger partial charge in [0.25, 0.3) is 0 Å². The lowest BCUT2D eigenvalue weighted by molar-refractivity contribution is 0.200. The Morgan fingerprint density at radius 1 is 1.50 bits per heavy atom. The average Bonchev–Trinajstić information content (AvgIpc) is 2.29. The molecule has 1 aromatic carbocycles. The molecule has 0 unspecified atom stereocenters. The van der Waals surface area contributed by atoms with Gasteiger partial charge in [-0.3, -0.25) is 0 Å². The van der Waals surface area contributed by atoms with Crippen molar-refractivity contribution in [3.8, 4) is 6.07 Å². The Hall–Kier alpha value is -1.05. The maximum Gasteiger partial charge on any atom is 0.123 e. The van der Waals surface area contributed by atoms with Gasteiger partial charge in [0.1, 0.15) is 5.82 Å². The van der Waals surface area contributed by atoms with Crippen molar-refractivity contribution in [2.24, 2.45) is 0 Å². The van der Waals surface area contributed by atoms with Crippen LogP contribution in [0.2, 0.25) is 0 Å². The smallest absolute Gasteiger partial charge is 0.123 e. The van der Waals surface area contributed by atoms with Crippen molar-refractivity contribution in [2.75, 3.05) is 19.5 Å². The molecule has 0 saturated heterocycles. The first-order valence-corrected chi connectivity index (χ1v) is 6.18. The van der Waals surface area contributed by atoms with E-state index in [1.165, 1.54) is 18.2 Å². The lowest BCUT2D eigenvalue weighted by Gasteiger charge is -2.04. The van der Waals surface area contributed by atoms with E-state index in [0.717, 1.165) is 24.3 Å². The van der Waals surface area contributed by atoms with Gasteiger partial charge >= 0.3 is 0 Å². The third-order valence-electron chi connectivity index (χ3n) is 2.08. The van der Waals surface area contributed by atoms with Crippen LogP contribution in [-0.2, 0) is 10.5 Å². The molecule has 0 aromatic heterocycles. The molecule has 0 N–H and O–H groups in total. The highest BCUT2D eigenvalue weighted by molar-refractivity contribution is 7.98. The quantitative estimate of drug-likeness (QED) is 0.715. The summed E-state index contributed by atoms with van der Waals surface area (Å²) in [4.78, 5) is 0. The molecule has 0 atom stereocenters. The molecule has 0 fully saturated rings. The zero-order valence-corrected chi connectivity index (χ0v) is 10.0. The van der Waals surface area contributed by atoms with Crippen LogP contribution in [0.5, 0.6) is 0 Å². The third-order valence-corrected chi connectivity index (χ3v) is 3.17. The Morgan fingerprint density at radius 3 is 3.00 bits per heavy atom. The normalized spacial score (nSPS) is 10.1. The molecule has 0 aliphatic rings. The van der Waals surface area contributed by atoms with Gasteiger partial charge in [0, 0.05) is 19.5 Å². The molecular formula is C12H14FNOS. The van der Waals surface area contributed by atoms with Crippen LogP contribution < -0.4 is 0 Å². The van der Waals surface area contributed by atoms with Gasteiger partial charge in [0.2, 0.25) is 0 Å². The Bertz CT molecular complexity index is 376. The van der Waals surface area contributed by atoms with Crippen LogP contribution in [0, 0.1) is 17.1 Å². The second kappa shape index (κ2) is 7.26. The maximum absolute atomic E-state index is 13.0. The summed E-state index contributed by atoms with van der Waals surface area (Å²) in [7, 11) is 1.67. The van der Waals surface area contributed by atoms with Gasteiger partial charge in [0.15, 0.2) is 0 Å². The summed E-state index contributed by atoms with van der Waals surface area (Å²) in [5.41, 5.74) is 1.32. The molecule has 0 aliphatic heterocycles. The molecule has 0 aliphatic carbocycles. The first kappa shape index (κ1) is 13.0. The fraction of sp³-hybridized carbons (Fsp3) is 0.417. The minimum Gasteiger partial charge on any atom is -0.385 e. The number of thioether (sulfide) groups is 1. The molecule has 0 saturated carbocycles. The van der Waals surface area contributed by atoms with Gasteiger partial charge in [-0.05, 0) is 35.9 Å². The van der Waals surface area contributed by atoms with Crippen molar-refractivity contribution in [3.63, 3.8) is 0 Å². The van der Waals surface area contributed by atoms with Gasteiger partial charge in [-0.25, -0.2) is 4.39 Å². The Morgan fingerprint density at radius 2 is 2.31 bits per heavy atom. The molecule has 0 amide bonds. The zero-order chi connectivity index (χ0) is 11.8. The second-order valence-electron chi connectivity index (χ2n) is 3.31. The molecule has 0 bridgehead atoms. The molecule has 1 rings (SSSR count). The molecule has 0 heterocycles. The standard InChI is InChI=1S/C12H14FNOS/c1-15-5-2-6-16-9-11-7-12(13)4-3-10(11)8-14/h3-4,7H,2,5-6,9H2,1H3. The molecule has 4 heteroatoms.